The molecule has 4 rings (SSSR count). The molecule has 0 saturated carbocycles. The molecule has 4 aromatic rings. The van der Waals surface area contributed by atoms with Crippen molar-refractivity contribution in [3.05, 3.63) is 77.9 Å². The zero-order valence-electron chi connectivity index (χ0n) is 18.6. The summed E-state index contributed by atoms with van der Waals surface area (Å²) in [5.41, 5.74) is 2.97. The van der Waals surface area contributed by atoms with E-state index >= 15 is 0 Å². The van der Waals surface area contributed by atoms with E-state index in [4.69, 9.17) is 9.47 Å². The van der Waals surface area contributed by atoms with Gasteiger partial charge in [0.15, 0.2) is 5.82 Å². The lowest BCUT2D eigenvalue weighted by Gasteiger charge is -2.11. The molecule has 0 bridgehead atoms. The molecule has 0 aliphatic carbocycles. The van der Waals surface area contributed by atoms with E-state index in [2.05, 4.69) is 19.8 Å². The third-order valence-corrected chi connectivity index (χ3v) is 6.24. The Morgan fingerprint density at radius 3 is 2.33 bits per heavy atom. The molecule has 0 aliphatic rings. The number of aromatic nitrogens is 4. The molecule has 0 saturated heterocycles. The van der Waals surface area contributed by atoms with Crippen molar-refractivity contribution in [3.8, 4) is 23.2 Å². The standard InChI is InChI=1S/C23H23N5O4S/c1-15-11-20(9-10-21(15)31-4)33(29,30)27-18-5-7-19(8-6-18)32-23-13-22(24-14-25-23)28-17(3)12-16(2)26-28/h5-14,27H,1-4H3. The van der Waals surface area contributed by atoms with Gasteiger partial charge in [-0.05, 0) is 74.9 Å². The molecule has 0 radical (unpaired) electrons. The van der Waals surface area contributed by atoms with Crippen molar-refractivity contribution >= 4 is 15.7 Å². The normalized spacial score (nSPS) is 11.3. The second kappa shape index (κ2) is 8.91. The van der Waals surface area contributed by atoms with Crippen molar-refractivity contribution < 1.29 is 17.9 Å². The van der Waals surface area contributed by atoms with Crippen LogP contribution in [-0.4, -0.2) is 35.3 Å². The molecular formula is C23H23N5O4S. The van der Waals surface area contributed by atoms with Gasteiger partial charge in [-0.25, -0.2) is 23.1 Å². The van der Waals surface area contributed by atoms with E-state index in [0.29, 0.717) is 28.9 Å². The summed E-state index contributed by atoms with van der Waals surface area (Å²) in [6, 6.07) is 14.9. The summed E-state index contributed by atoms with van der Waals surface area (Å²) >= 11 is 0. The minimum absolute atomic E-state index is 0.152. The number of hydrogen-bond acceptors (Lipinski definition) is 7. The Morgan fingerprint density at radius 1 is 0.939 bits per heavy atom. The van der Waals surface area contributed by atoms with Gasteiger partial charge < -0.3 is 9.47 Å². The molecule has 1 N–H and O–H groups in total. The summed E-state index contributed by atoms with van der Waals surface area (Å²) in [4.78, 5) is 8.55. The van der Waals surface area contributed by atoms with Crippen LogP contribution in [0.1, 0.15) is 17.0 Å². The van der Waals surface area contributed by atoms with Gasteiger partial charge in [0.2, 0.25) is 5.88 Å². The summed E-state index contributed by atoms with van der Waals surface area (Å²) in [5.74, 6) is 2.05. The lowest BCUT2D eigenvalue weighted by Crippen LogP contribution is -2.13. The van der Waals surface area contributed by atoms with Crippen molar-refractivity contribution in [3.63, 3.8) is 0 Å². The zero-order chi connectivity index (χ0) is 23.6. The molecule has 2 aromatic carbocycles. The van der Waals surface area contributed by atoms with E-state index in [1.54, 1.807) is 61.2 Å². The van der Waals surface area contributed by atoms with Gasteiger partial charge in [0.25, 0.3) is 10.0 Å². The molecule has 0 spiro atoms. The monoisotopic (exact) mass is 465 g/mol. The SMILES string of the molecule is COc1ccc(S(=O)(=O)Nc2ccc(Oc3cc(-n4nc(C)cc4C)ncn3)cc2)cc1C. The van der Waals surface area contributed by atoms with E-state index in [1.807, 2.05) is 19.9 Å². The number of aryl methyl sites for hydroxylation is 3. The first-order valence-corrected chi connectivity index (χ1v) is 11.5. The van der Waals surface area contributed by atoms with Crippen LogP contribution in [0.5, 0.6) is 17.4 Å². The highest BCUT2D eigenvalue weighted by molar-refractivity contribution is 7.92. The number of hydrogen-bond donors (Lipinski definition) is 1. The number of nitrogens with one attached hydrogen (secondary N) is 1. The quantitative estimate of drug-likeness (QED) is 0.436. The van der Waals surface area contributed by atoms with Gasteiger partial charge in [0.1, 0.15) is 17.8 Å². The Hall–Kier alpha value is -3.92. The van der Waals surface area contributed by atoms with Crippen LogP contribution in [0.15, 0.2) is 65.8 Å². The first-order chi connectivity index (χ1) is 15.7. The maximum atomic E-state index is 12.7. The highest BCUT2D eigenvalue weighted by atomic mass is 32.2. The predicted molar refractivity (Wildman–Crippen MR) is 124 cm³/mol. The van der Waals surface area contributed by atoms with E-state index in [0.717, 1.165) is 17.0 Å². The largest absolute Gasteiger partial charge is 0.496 e. The number of nitrogens with zero attached hydrogens (tertiary/aromatic N) is 4. The first-order valence-electron chi connectivity index (χ1n) is 10.1. The average molecular weight is 466 g/mol. The van der Waals surface area contributed by atoms with Crippen LogP contribution in [0.4, 0.5) is 5.69 Å². The minimum Gasteiger partial charge on any atom is -0.496 e. The summed E-state index contributed by atoms with van der Waals surface area (Å²) in [6.45, 7) is 5.64. The second-order valence-electron chi connectivity index (χ2n) is 7.42. The molecular weight excluding hydrogens is 442 g/mol. The number of benzene rings is 2. The Morgan fingerprint density at radius 2 is 1.70 bits per heavy atom. The van der Waals surface area contributed by atoms with Gasteiger partial charge in [0.05, 0.1) is 17.7 Å². The lowest BCUT2D eigenvalue weighted by atomic mass is 10.2. The molecule has 33 heavy (non-hydrogen) atoms. The molecule has 170 valence electrons. The van der Waals surface area contributed by atoms with Crippen LogP contribution in [0.2, 0.25) is 0 Å². The molecule has 0 aliphatic heterocycles. The highest BCUT2D eigenvalue weighted by Crippen LogP contribution is 2.26. The summed E-state index contributed by atoms with van der Waals surface area (Å²) < 4.78 is 40.7. The smallest absolute Gasteiger partial charge is 0.261 e. The lowest BCUT2D eigenvalue weighted by molar-refractivity contribution is 0.411. The fraction of sp³-hybridized carbons (Fsp3) is 0.174. The molecule has 2 heterocycles. The summed E-state index contributed by atoms with van der Waals surface area (Å²) in [7, 11) is -2.21. The second-order valence-corrected chi connectivity index (χ2v) is 9.10. The van der Waals surface area contributed by atoms with E-state index in [9.17, 15) is 8.42 Å². The fourth-order valence-corrected chi connectivity index (χ4v) is 4.45. The topological polar surface area (TPSA) is 108 Å². The van der Waals surface area contributed by atoms with Crippen molar-refractivity contribution in [2.45, 2.75) is 25.7 Å². The Kier molecular flexibility index (Phi) is 6.01. The number of methoxy groups -OCH3 is 1. The van der Waals surface area contributed by atoms with Crippen LogP contribution >= 0.6 is 0 Å². The molecule has 0 fully saturated rings. The third kappa shape index (κ3) is 4.96. The van der Waals surface area contributed by atoms with E-state index < -0.39 is 10.0 Å². The van der Waals surface area contributed by atoms with Crippen LogP contribution in [0, 0.1) is 20.8 Å². The first kappa shape index (κ1) is 22.3. The highest BCUT2D eigenvalue weighted by Gasteiger charge is 2.16. The number of rotatable bonds is 7. The minimum atomic E-state index is -3.75. The van der Waals surface area contributed by atoms with E-state index in [-0.39, 0.29) is 4.90 Å². The Balaban J connectivity index is 1.48. The number of ether oxygens (including phenoxy) is 2. The van der Waals surface area contributed by atoms with Crippen LogP contribution in [0.25, 0.3) is 5.82 Å². The Bertz CT molecular complexity index is 1400. The average Bonchev–Trinajstić information content (AvgIpc) is 3.13. The fourth-order valence-electron chi connectivity index (χ4n) is 3.31. The molecule has 0 amide bonds. The van der Waals surface area contributed by atoms with Gasteiger partial charge in [-0.1, -0.05) is 0 Å². The predicted octanol–water partition coefficient (Wildman–Crippen LogP) is 4.19. The molecule has 0 unspecified atom stereocenters. The Labute approximate surface area is 192 Å². The summed E-state index contributed by atoms with van der Waals surface area (Å²) in [6.07, 6.45) is 1.40. The van der Waals surface area contributed by atoms with Gasteiger partial charge >= 0.3 is 0 Å². The van der Waals surface area contributed by atoms with Crippen molar-refractivity contribution in [1.82, 2.24) is 19.7 Å². The van der Waals surface area contributed by atoms with Gasteiger partial charge in [-0.3, -0.25) is 4.72 Å². The van der Waals surface area contributed by atoms with Gasteiger partial charge in [-0.15, -0.1) is 0 Å². The molecule has 2 aromatic heterocycles. The molecule has 9 nitrogen and oxygen atoms in total. The van der Waals surface area contributed by atoms with Crippen LogP contribution in [-0.2, 0) is 10.0 Å². The molecule has 10 heteroatoms. The van der Waals surface area contributed by atoms with E-state index in [1.165, 1.54) is 12.4 Å². The summed E-state index contributed by atoms with van der Waals surface area (Å²) in [5, 5.41) is 4.41. The third-order valence-electron chi connectivity index (χ3n) is 4.86. The zero-order valence-corrected chi connectivity index (χ0v) is 19.4. The van der Waals surface area contributed by atoms with Crippen molar-refractivity contribution in [2.75, 3.05) is 11.8 Å². The van der Waals surface area contributed by atoms with Gasteiger partial charge in [-0.2, -0.15) is 5.10 Å². The molecule has 0 atom stereocenters. The van der Waals surface area contributed by atoms with Crippen LogP contribution in [0.3, 0.4) is 0 Å². The number of sulfonamides is 1. The van der Waals surface area contributed by atoms with Crippen molar-refractivity contribution in [1.29, 1.82) is 0 Å². The van der Waals surface area contributed by atoms with Gasteiger partial charge in [0, 0.05) is 17.4 Å². The maximum absolute atomic E-state index is 12.7. The maximum Gasteiger partial charge on any atom is 0.261 e. The van der Waals surface area contributed by atoms with Crippen molar-refractivity contribution in [2.24, 2.45) is 0 Å². The van der Waals surface area contributed by atoms with Crippen LogP contribution < -0.4 is 14.2 Å². The number of anilines is 1.